The number of aromatic hydroxyl groups is 1. The van der Waals surface area contributed by atoms with Gasteiger partial charge in [0.25, 0.3) is 0 Å². The molecule has 0 amide bonds. The van der Waals surface area contributed by atoms with Gasteiger partial charge >= 0.3 is 0 Å². The van der Waals surface area contributed by atoms with Crippen molar-refractivity contribution in [1.29, 1.82) is 0 Å². The second kappa shape index (κ2) is 4.67. The Balaban J connectivity index is 3.02. The number of phenols is 1. The molecule has 3 nitrogen and oxygen atoms in total. The summed E-state index contributed by atoms with van der Waals surface area (Å²) in [5.41, 5.74) is 6.53. The summed E-state index contributed by atoms with van der Waals surface area (Å²) in [7, 11) is 1.51. The van der Waals surface area contributed by atoms with Gasteiger partial charge in [-0.3, -0.25) is 0 Å². The normalized spacial score (nSPS) is 12.1. The first-order chi connectivity index (χ1) is 6.70. The van der Waals surface area contributed by atoms with Crippen molar-refractivity contribution in [3.8, 4) is 11.5 Å². The van der Waals surface area contributed by atoms with Crippen LogP contribution in [0.25, 0.3) is 0 Å². The summed E-state index contributed by atoms with van der Waals surface area (Å²) in [6.07, 6.45) is 2.35. The van der Waals surface area contributed by atoms with E-state index in [0.717, 1.165) is 0 Å². The Morgan fingerprint density at radius 3 is 2.93 bits per heavy atom. The van der Waals surface area contributed by atoms with Gasteiger partial charge in [-0.25, -0.2) is 0 Å². The highest BCUT2D eigenvalue weighted by atomic mass is 16.5. The van der Waals surface area contributed by atoms with Gasteiger partial charge in [0.2, 0.25) is 0 Å². The number of para-hydroxylation sites is 1. The van der Waals surface area contributed by atoms with Crippen molar-refractivity contribution >= 4 is 0 Å². The fraction of sp³-hybridized carbons (Fsp3) is 0.273. The molecular formula is C11H15NO2. The maximum absolute atomic E-state index is 9.75. The first-order valence-electron chi connectivity index (χ1n) is 4.43. The van der Waals surface area contributed by atoms with Crippen LogP contribution in [0.1, 0.15) is 18.0 Å². The third-order valence-corrected chi connectivity index (χ3v) is 2.07. The lowest BCUT2D eigenvalue weighted by Gasteiger charge is -2.13. The Labute approximate surface area is 83.8 Å². The van der Waals surface area contributed by atoms with Crippen LogP contribution in [0.2, 0.25) is 0 Å². The van der Waals surface area contributed by atoms with Gasteiger partial charge < -0.3 is 15.6 Å². The van der Waals surface area contributed by atoms with E-state index in [0.29, 0.717) is 17.7 Å². The quantitative estimate of drug-likeness (QED) is 0.719. The van der Waals surface area contributed by atoms with E-state index in [1.165, 1.54) is 7.11 Å². The highest BCUT2D eigenvalue weighted by Crippen LogP contribution is 2.33. The van der Waals surface area contributed by atoms with Crippen molar-refractivity contribution in [2.24, 2.45) is 5.73 Å². The second-order valence-corrected chi connectivity index (χ2v) is 3.03. The number of hydrogen-bond donors (Lipinski definition) is 2. The highest BCUT2D eigenvalue weighted by molar-refractivity contribution is 5.46. The summed E-state index contributed by atoms with van der Waals surface area (Å²) in [6, 6.07) is 5.05. The molecule has 1 aromatic carbocycles. The number of methoxy groups -OCH3 is 1. The maximum atomic E-state index is 9.75. The largest absolute Gasteiger partial charge is 0.504 e. The number of phenolic OH excluding ortho intramolecular Hbond substituents is 1. The van der Waals surface area contributed by atoms with Gasteiger partial charge in [0.15, 0.2) is 11.5 Å². The molecule has 1 aromatic rings. The fourth-order valence-electron chi connectivity index (χ4n) is 1.31. The number of nitrogens with two attached hydrogens (primary N) is 1. The van der Waals surface area contributed by atoms with E-state index in [9.17, 15) is 5.11 Å². The molecule has 0 saturated carbocycles. The van der Waals surface area contributed by atoms with Crippen LogP contribution in [0.15, 0.2) is 30.9 Å². The van der Waals surface area contributed by atoms with E-state index < -0.39 is 0 Å². The Kier molecular flexibility index (Phi) is 3.54. The van der Waals surface area contributed by atoms with E-state index >= 15 is 0 Å². The summed E-state index contributed by atoms with van der Waals surface area (Å²) >= 11 is 0. The van der Waals surface area contributed by atoms with Crippen molar-refractivity contribution in [1.82, 2.24) is 0 Å². The average molecular weight is 193 g/mol. The van der Waals surface area contributed by atoms with Crippen molar-refractivity contribution in [3.63, 3.8) is 0 Å². The lowest BCUT2D eigenvalue weighted by Crippen LogP contribution is -2.09. The smallest absolute Gasteiger partial charge is 0.162 e. The molecule has 0 spiro atoms. The number of rotatable bonds is 4. The summed E-state index contributed by atoms with van der Waals surface area (Å²) in [6.45, 7) is 3.61. The molecule has 0 aliphatic rings. The minimum absolute atomic E-state index is 0.115. The van der Waals surface area contributed by atoms with Gasteiger partial charge in [-0.15, -0.1) is 6.58 Å². The molecular weight excluding hydrogens is 178 g/mol. The molecule has 0 radical (unpaired) electrons. The minimum Gasteiger partial charge on any atom is -0.504 e. The Bertz CT molecular complexity index is 323. The minimum atomic E-state index is -0.234. The van der Waals surface area contributed by atoms with Crippen LogP contribution in [-0.4, -0.2) is 12.2 Å². The predicted molar refractivity (Wildman–Crippen MR) is 56.4 cm³/mol. The Morgan fingerprint density at radius 1 is 1.64 bits per heavy atom. The molecule has 0 aliphatic heterocycles. The molecule has 14 heavy (non-hydrogen) atoms. The second-order valence-electron chi connectivity index (χ2n) is 3.03. The lowest BCUT2D eigenvalue weighted by atomic mass is 10.0. The SMILES string of the molecule is C=CC[C@H](N)c1cccc(OC)c1O. The zero-order valence-electron chi connectivity index (χ0n) is 8.23. The van der Waals surface area contributed by atoms with E-state index in [1.54, 1.807) is 24.3 Å². The predicted octanol–water partition coefficient (Wildman–Crippen LogP) is 1.98. The van der Waals surface area contributed by atoms with Gasteiger partial charge in [0.1, 0.15) is 0 Å². The topological polar surface area (TPSA) is 55.5 Å². The van der Waals surface area contributed by atoms with E-state index in [1.807, 2.05) is 0 Å². The van der Waals surface area contributed by atoms with Crippen LogP contribution in [0.4, 0.5) is 0 Å². The number of benzene rings is 1. The van der Waals surface area contributed by atoms with Gasteiger partial charge in [-0.2, -0.15) is 0 Å². The zero-order chi connectivity index (χ0) is 10.6. The molecule has 1 rings (SSSR count). The van der Waals surface area contributed by atoms with Crippen LogP contribution in [0.5, 0.6) is 11.5 Å². The zero-order valence-corrected chi connectivity index (χ0v) is 8.23. The van der Waals surface area contributed by atoms with Crippen molar-refractivity contribution in [2.75, 3.05) is 7.11 Å². The van der Waals surface area contributed by atoms with Gasteiger partial charge in [0.05, 0.1) is 7.11 Å². The fourth-order valence-corrected chi connectivity index (χ4v) is 1.31. The number of hydrogen-bond acceptors (Lipinski definition) is 3. The summed E-state index contributed by atoms with van der Waals surface area (Å²) < 4.78 is 4.98. The molecule has 0 saturated heterocycles. The van der Waals surface area contributed by atoms with Crippen LogP contribution in [0, 0.1) is 0 Å². The van der Waals surface area contributed by atoms with Crippen molar-refractivity contribution < 1.29 is 9.84 Å². The van der Waals surface area contributed by atoms with E-state index in [-0.39, 0.29) is 11.8 Å². The molecule has 0 bridgehead atoms. The number of ether oxygens (including phenoxy) is 1. The Hall–Kier alpha value is -1.48. The standard InChI is InChI=1S/C11H15NO2/c1-3-5-9(12)8-6-4-7-10(14-2)11(8)13/h3-4,6-7,9,13H,1,5,12H2,2H3/t9-/m0/s1. The van der Waals surface area contributed by atoms with Gasteiger partial charge in [0, 0.05) is 11.6 Å². The maximum Gasteiger partial charge on any atom is 0.162 e. The van der Waals surface area contributed by atoms with Crippen LogP contribution in [-0.2, 0) is 0 Å². The van der Waals surface area contributed by atoms with E-state index in [2.05, 4.69) is 6.58 Å². The summed E-state index contributed by atoms with van der Waals surface area (Å²) in [4.78, 5) is 0. The molecule has 0 aliphatic carbocycles. The summed E-state index contributed by atoms with van der Waals surface area (Å²) in [5, 5.41) is 9.75. The van der Waals surface area contributed by atoms with Crippen LogP contribution in [0.3, 0.4) is 0 Å². The third-order valence-electron chi connectivity index (χ3n) is 2.07. The molecule has 0 unspecified atom stereocenters. The molecule has 1 atom stereocenters. The van der Waals surface area contributed by atoms with Gasteiger partial charge in [-0.1, -0.05) is 18.2 Å². The first kappa shape index (κ1) is 10.6. The van der Waals surface area contributed by atoms with Crippen LogP contribution >= 0.6 is 0 Å². The molecule has 76 valence electrons. The molecule has 3 N–H and O–H groups in total. The molecule has 0 aromatic heterocycles. The third kappa shape index (κ3) is 2.06. The Morgan fingerprint density at radius 2 is 2.36 bits per heavy atom. The molecule has 3 heteroatoms. The van der Waals surface area contributed by atoms with E-state index in [4.69, 9.17) is 10.5 Å². The monoisotopic (exact) mass is 193 g/mol. The molecule has 0 heterocycles. The molecule has 0 fully saturated rings. The lowest BCUT2D eigenvalue weighted by molar-refractivity contribution is 0.368. The average Bonchev–Trinajstić information content (AvgIpc) is 2.18. The van der Waals surface area contributed by atoms with Crippen molar-refractivity contribution in [2.45, 2.75) is 12.5 Å². The van der Waals surface area contributed by atoms with Crippen molar-refractivity contribution in [3.05, 3.63) is 36.4 Å². The van der Waals surface area contributed by atoms with Gasteiger partial charge in [-0.05, 0) is 12.5 Å². The summed E-state index contributed by atoms with van der Waals surface area (Å²) in [5.74, 6) is 0.561. The highest BCUT2D eigenvalue weighted by Gasteiger charge is 2.12. The van der Waals surface area contributed by atoms with Crippen LogP contribution < -0.4 is 10.5 Å². The first-order valence-corrected chi connectivity index (χ1v) is 4.43.